The highest BCUT2D eigenvalue weighted by molar-refractivity contribution is 7.15. The minimum Gasteiger partial charge on any atom is -0.482 e. The van der Waals surface area contributed by atoms with Gasteiger partial charge in [0.15, 0.2) is 12.4 Å². The number of anilines is 2. The van der Waals surface area contributed by atoms with Gasteiger partial charge in [0, 0.05) is 33.4 Å². The van der Waals surface area contributed by atoms with Crippen molar-refractivity contribution in [3.05, 3.63) is 81.7 Å². The molecule has 4 aromatic rings. The lowest BCUT2D eigenvalue weighted by Gasteiger charge is -2.19. The fourth-order valence-corrected chi connectivity index (χ4v) is 6.03. The lowest BCUT2D eigenvalue weighted by atomic mass is 9.99. The third-order valence-corrected chi connectivity index (χ3v) is 8.08. The fourth-order valence-electron chi connectivity index (χ4n) is 4.82. The third kappa shape index (κ3) is 6.61. The standard InChI is InChI=1S/C32H35N5O5S/c1-18-19(2)43-31-28(18)29(34-25(16-26(38)40-7)30-36-35-20(3)37(30)31)21-11-13-22(14-12-21)33-23-9-8-10-24(15-23)41-17-27(39)42-32(4,5)6/h8-15,25,33H,16-17H2,1-7H3/t25-/m0/s1. The van der Waals surface area contributed by atoms with Crippen LogP contribution in [0.25, 0.3) is 5.00 Å². The zero-order valence-corrected chi connectivity index (χ0v) is 26.2. The van der Waals surface area contributed by atoms with Crippen molar-refractivity contribution in [1.82, 2.24) is 14.8 Å². The summed E-state index contributed by atoms with van der Waals surface area (Å²) in [6.45, 7) is 11.4. The Kier molecular flexibility index (Phi) is 8.36. The van der Waals surface area contributed by atoms with Crippen LogP contribution in [0.2, 0.25) is 0 Å². The van der Waals surface area contributed by atoms with E-state index in [0.29, 0.717) is 11.6 Å². The second-order valence-electron chi connectivity index (χ2n) is 11.3. The minimum absolute atomic E-state index is 0.0527. The number of ether oxygens (including phenoxy) is 3. The maximum atomic E-state index is 12.4. The first-order valence-electron chi connectivity index (χ1n) is 13.9. The number of methoxy groups -OCH3 is 1. The molecule has 0 saturated carbocycles. The van der Waals surface area contributed by atoms with E-state index < -0.39 is 17.6 Å². The van der Waals surface area contributed by atoms with Gasteiger partial charge in [0.25, 0.3) is 0 Å². The second kappa shape index (κ2) is 12.0. The lowest BCUT2D eigenvalue weighted by Crippen LogP contribution is -2.27. The summed E-state index contributed by atoms with van der Waals surface area (Å²) in [5.74, 6) is 1.12. The number of hydrogen-bond donors (Lipinski definition) is 1. The molecule has 1 aliphatic heterocycles. The van der Waals surface area contributed by atoms with E-state index >= 15 is 0 Å². The van der Waals surface area contributed by atoms with Gasteiger partial charge >= 0.3 is 11.9 Å². The Morgan fingerprint density at radius 2 is 1.74 bits per heavy atom. The molecular weight excluding hydrogens is 566 g/mol. The molecule has 1 aliphatic rings. The lowest BCUT2D eigenvalue weighted by molar-refractivity contribution is -0.157. The zero-order chi connectivity index (χ0) is 30.9. The van der Waals surface area contributed by atoms with Gasteiger partial charge in [0.05, 0.1) is 19.2 Å². The summed E-state index contributed by atoms with van der Waals surface area (Å²) in [6, 6.07) is 14.8. The summed E-state index contributed by atoms with van der Waals surface area (Å²) in [6.07, 6.45) is 0.0527. The quantitative estimate of drug-likeness (QED) is 0.238. The van der Waals surface area contributed by atoms with Gasteiger partial charge in [-0.15, -0.1) is 21.5 Å². The van der Waals surface area contributed by atoms with E-state index in [2.05, 4.69) is 29.4 Å². The highest BCUT2D eigenvalue weighted by atomic mass is 32.1. The Hall–Kier alpha value is -4.51. The number of benzene rings is 2. The second-order valence-corrected chi connectivity index (χ2v) is 12.5. The molecule has 0 aliphatic carbocycles. The number of carbonyl (C=O) groups is 2. The fraction of sp³-hybridized carbons (Fsp3) is 0.344. The van der Waals surface area contributed by atoms with Crippen LogP contribution in [0, 0.1) is 20.8 Å². The van der Waals surface area contributed by atoms with Crippen LogP contribution in [0.3, 0.4) is 0 Å². The number of rotatable bonds is 8. The number of fused-ring (bicyclic) bond motifs is 3. The average molecular weight is 602 g/mol. The van der Waals surface area contributed by atoms with Crippen LogP contribution in [0.5, 0.6) is 5.75 Å². The number of esters is 2. The SMILES string of the molecule is COC(=O)C[C@@H]1N=C(c2ccc(Nc3cccc(OCC(=O)OC(C)(C)C)c3)cc2)c2c(sc(C)c2C)-n2c(C)nnc21. The topological polar surface area (TPSA) is 117 Å². The van der Waals surface area contributed by atoms with Crippen LogP contribution in [0.1, 0.15) is 66.5 Å². The molecule has 224 valence electrons. The van der Waals surface area contributed by atoms with Crippen LogP contribution >= 0.6 is 11.3 Å². The van der Waals surface area contributed by atoms with Crippen LogP contribution < -0.4 is 10.1 Å². The van der Waals surface area contributed by atoms with Crippen molar-refractivity contribution in [1.29, 1.82) is 0 Å². The largest absolute Gasteiger partial charge is 0.482 e. The highest BCUT2D eigenvalue weighted by Gasteiger charge is 2.32. The van der Waals surface area contributed by atoms with E-state index in [1.807, 2.05) is 74.7 Å². The number of thiophene rings is 1. The van der Waals surface area contributed by atoms with E-state index in [-0.39, 0.29) is 19.0 Å². The molecule has 0 unspecified atom stereocenters. The number of aromatic nitrogens is 3. The molecule has 11 heteroatoms. The molecule has 1 N–H and O–H groups in total. The molecule has 0 amide bonds. The van der Waals surface area contributed by atoms with Crippen molar-refractivity contribution in [2.45, 2.75) is 59.6 Å². The predicted molar refractivity (Wildman–Crippen MR) is 166 cm³/mol. The summed E-state index contributed by atoms with van der Waals surface area (Å²) < 4.78 is 18.0. The van der Waals surface area contributed by atoms with Gasteiger partial charge in [0.2, 0.25) is 0 Å². The maximum absolute atomic E-state index is 12.4. The molecule has 0 saturated heterocycles. The van der Waals surface area contributed by atoms with Gasteiger partial charge < -0.3 is 19.5 Å². The Bertz CT molecular complexity index is 1700. The van der Waals surface area contributed by atoms with E-state index in [0.717, 1.165) is 44.6 Å². The number of nitrogens with zero attached hydrogens (tertiary/aromatic N) is 4. The Morgan fingerprint density at radius 1 is 1.00 bits per heavy atom. The molecule has 5 rings (SSSR count). The molecule has 10 nitrogen and oxygen atoms in total. The van der Waals surface area contributed by atoms with E-state index in [1.165, 1.54) is 12.0 Å². The number of aliphatic imine (C=N–C) groups is 1. The number of aryl methyl sites for hydroxylation is 2. The smallest absolute Gasteiger partial charge is 0.344 e. The molecule has 3 heterocycles. The molecule has 0 spiro atoms. The number of carbonyl (C=O) groups excluding carboxylic acids is 2. The first-order chi connectivity index (χ1) is 20.4. The molecule has 2 aromatic heterocycles. The minimum atomic E-state index is -0.568. The van der Waals surface area contributed by atoms with E-state index in [1.54, 1.807) is 17.4 Å². The van der Waals surface area contributed by atoms with Crippen molar-refractivity contribution in [3.8, 4) is 10.8 Å². The average Bonchev–Trinajstić information content (AvgIpc) is 3.43. The van der Waals surface area contributed by atoms with Crippen molar-refractivity contribution >= 4 is 40.4 Å². The Balaban J connectivity index is 1.41. The van der Waals surface area contributed by atoms with Crippen molar-refractivity contribution in [2.75, 3.05) is 19.0 Å². The first kappa shape index (κ1) is 30.0. The first-order valence-corrected chi connectivity index (χ1v) is 14.7. The molecule has 2 aromatic carbocycles. The van der Waals surface area contributed by atoms with Crippen molar-refractivity contribution < 1.29 is 23.8 Å². The highest BCUT2D eigenvalue weighted by Crippen LogP contribution is 2.39. The molecular formula is C32H35N5O5S. The summed E-state index contributed by atoms with van der Waals surface area (Å²) in [5.41, 5.74) is 4.94. The monoisotopic (exact) mass is 601 g/mol. The molecule has 0 radical (unpaired) electrons. The summed E-state index contributed by atoms with van der Waals surface area (Å²) >= 11 is 1.66. The van der Waals surface area contributed by atoms with E-state index in [9.17, 15) is 9.59 Å². The van der Waals surface area contributed by atoms with Crippen molar-refractivity contribution in [2.24, 2.45) is 4.99 Å². The Labute approximate surface area is 254 Å². The zero-order valence-electron chi connectivity index (χ0n) is 25.3. The Morgan fingerprint density at radius 3 is 2.44 bits per heavy atom. The summed E-state index contributed by atoms with van der Waals surface area (Å²) in [5, 5.41) is 13.1. The van der Waals surface area contributed by atoms with E-state index in [4.69, 9.17) is 19.2 Å². The van der Waals surface area contributed by atoms with Crippen LogP contribution in [0.4, 0.5) is 11.4 Å². The number of hydrogen-bond acceptors (Lipinski definition) is 10. The third-order valence-electron chi connectivity index (χ3n) is 6.88. The molecule has 1 atom stereocenters. The molecule has 0 bridgehead atoms. The van der Waals surface area contributed by atoms with Gasteiger partial charge in [-0.05, 0) is 71.4 Å². The summed E-state index contributed by atoms with van der Waals surface area (Å²) in [4.78, 5) is 30.7. The molecule has 0 fully saturated rings. The van der Waals surface area contributed by atoms with Crippen LogP contribution in [0.15, 0.2) is 53.5 Å². The van der Waals surface area contributed by atoms with Crippen molar-refractivity contribution in [3.63, 3.8) is 0 Å². The maximum Gasteiger partial charge on any atom is 0.344 e. The summed E-state index contributed by atoms with van der Waals surface area (Å²) in [7, 11) is 1.37. The number of nitrogens with one attached hydrogen (secondary N) is 1. The van der Waals surface area contributed by atoms with Crippen LogP contribution in [-0.2, 0) is 19.1 Å². The molecule has 43 heavy (non-hydrogen) atoms. The van der Waals surface area contributed by atoms with Gasteiger partial charge in [-0.2, -0.15) is 0 Å². The van der Waals surface area contributed by atoms with Gasteiger partial charge in [-0.3, -0.25) is 14.4 Å². The predicted octanol–water partition coefficient (Wildman–Crippen LogP) is 6.17. The van der Waals surface area contributed by atoms with Crippen LogP contribution in [-0.4, -0.2) is 51.7 Å². The van der Waals surface area contributed by atoms with Gasteiger partial charge in [-0.1, -0.05) is 18.2 Å². The van der Waals surface area contributed by atoms with Gasteiger partial charge in [-0.25, -0.2) is 4.79 Å². The van der Waals surface area contributed by atoms with Gasteiger partial charge in [0.1, 0.15) is 28.2 Å². The normalized spacial score (nSPS) is 14.2.